The summed E-state index contributed by atoms with van der Waals surface area (Å²) in [4.78, 5) is 2.44. The van der Waals surface area contributed by atoms with Gasteiger partial charge in [0.2, 0.25) is 0 Å². The number of hydrogen-bond acceptors (Lipinski definition) is 2. The number of nitrogens with zero attached hydrogens (tertiary/aromatic N) is 1. The highest BCUT2D eigenvalue weighted by Gasteiger charge is 2.19. The molecule has 2 heteroatoms. The van der Waals surface area contributed by atoms with Gasteiger partial charge in [0.05, 0.1) is 5.69 Å². The molecule has 0 amide bonds. The molecule has 0 N–H and O–H groups in total. The molecule has 0 aliphatic carbocycles. The van der Waals surface area contributed by atoms with Crippen LogP contribution in [0.2, 0.25) is 0 Å². The number of hydrogen-bond donors (Lipinski definition) is 0. The predicted molar refractivity (Wildman–Crippen MR) is 243 cm³/mol. The average Bonchev–Trinajstić information content (AvgIpc) is 3.66. The summed E-state index contributed by atoms with van der Waals surface area (Å²) in [6, 6.07) is 77.8. The average molecular weight is 730 g/mol. The predicted octanol–water partition coefficient (Wildman–Crippen LogP) is 16.0. The van der Waals surface area contributed by atoms with E-state index in [1.165, 1.54) is 85.9 Å². The summed E-state index contributed by atoms with van der Waals surface area (Å²) in [5.74, 6) is 0. The fourth-order valence-corrected chi connectivity index (χ4v) is 9.75. The number of benzene rings is 10. The van der Waals surface area contributed by atoms with Crippen LogP contribution in [0.25, 0.3) is 85.9 Å². The minimum absolute atomic E-state index is 1.11. The van der Waals surface area contributed by atoms with Crippen LogP contribution in [0, 0.1) is 0 Å². The van der Waals surface area contributed by atoms with Gasteiger partial charge in [0.15, 0.2) is 0 Å². The quantitative estimate of drug-likeness (QED) is 0.154. The van der Waals surface area contributed by atoms with Crippen LogP contribution >= 0.6 is 11.3 Å². The monoisotopic (exact) mass is 729 g/mol. The zero-order valence-electron chi connectivity index (χ0n) is 30.6. The molecule has 1 aromatic heterocycles. The number of anilines is 3. The first-order valence-corrected chi connectivity index (χ1v) is 20.0. The molecular weight excluding hydrogens is 695 g/mol. The van der Waals surface area contributed by atoms with Crippen molar-refractivity contribution in [3.05, 3.63) is 212 Å². The van der Waals surface area contributed by atoms with E-state index in [0.717, 1.165) is 17.1 Å². The van der Waals surface area contributed by atoms with Crippen LogP contribution in [0.3, 0.4) is 0 Å². The molecule has 0 saturated carbocycles. The van der Waals surface area contributed by atoms with Gasteiger partial charge in [-0.25, -0.2) is 0 Å². The number of fused-ring (bicyclic) bond motifs is 7. The van der Waals surface area contributed by atoms with E-state index < -0.39 is 0 Å². The highest BCUT2D eigenvalue weighted by Crippen LogP contribution is 2.45. The Labute approximate surface area is 330 Å². The summed E-state index contributed by atoms with van der Waals surface area (Å²) in [5.41, 5.74) is 10.7. The van der Waals surface area contributed by atoms with Gasteiger partial charge in [-0.2, -0.15) is 0 Å². The lowest BCUT2D eigenvalue weighted by molar-refractivity contribution is 1.30. The fourth-order valence-electron chi connectivity index (χ4n) is 8.62. The van der Waals surface area contributed by atoms with Crippen LogP contribution in [0.4, 0.5) is 17.1 Å². The standard InChI is InChI=1S/C54H35NS/c1-3-20-44-36(13-1)15-11-25-45(44)40-18-9-16-38(33-40)39-17-10-19-43(34-39)55(51-35-41-14-2-4-21-46(41)48-22-5-6-23-49(48)51)42-31-29-37(30-32-42)47-26-12-28-53-54(47)50-24-7-8-27-52(50)56-53/h1-35H. The second kappa shape index (κ2) is 13.4. The summed E-state index contributed by atoms with van der Waals surface area (Å²) in [6.07, 6.45) is 0. The smallest absolute Gasteiger partial charge is 0.0546 e. The highest BCUT2D eigenvalue weighted by molar-refractivity contribution is 7.25. The molecule has 0 unspecified atom stereocenters. The molecule has 0 spiro atoms. The molecule has 0 bridgehead atoms. The van der Waals surface area contributed by atoms with E-state index in [2.05, 4.69) is 217 Å². The van der Waals surface area contributed by atoms with E-state index in [1.54, 1.807) is 0 Å². The second-order valence-electron chi connectivity index (χ2n) is 14.5. The lowest BCUT2D eigenvalue weighted by Crippen LogP contribution is -2.10. The normalized spacial score (nSPS) is 11.6. The topological polar surface area (TPSA) is 3.24 Å². The lowest BCUT2D eigenvalue weighted by atomic mass is 9.95. The van der Waals surface area contributed by atoms with E-state index in [9.17, 15) is 0 Å². The molecule has 1 nitrogen and oxygen atoms in total. The van der Waals surface area contributed by atoms with Gasteiger partial charge in [-0.15, -0.1) is 11.3 Å². The number of thiophene rings is 1. The summed E-state index contributed by atoms with van der Waals surface area (Å²) < 4.78 is 2.64. The van der Waals surface area contributed by atoms with Crippen LogP contribution in [0.5, 0.6) is 0 Å². The zero-order chi connectivity index (χ0) is 37.0. The van der Waals surface area contributed by atoms with Crippen molar-refractivity contribution < 1.29 is 0 Å². The fraction of sp³-hybridized carbons (Fsp3) is 0. The van der Waals surface area contributed by atoms with Crippen LogP contribution in [0.1, 0.15) is 0 Å². The van der Waals surface area contributed by atoms with Gasteiger partial charge in [0.1, 0.15) is 0 Å². The van der Waals surface area contributed by atoms with Gasteiger partial charge in [-0.3, -0.25) is 0 Å². The molecule has 0 atom stereocenters. The van der Waals surface area contributed by atoms with E-state index in [1.807, 2.05) is 11.3 Å². The minimum Gasteiger partial charge on any atom is -0.310 e. The van der Waals surface area contributed by atoms with Crippen molar-refractivity contribution in [1.29, 1.82) is 0 Å². The van der Waals surface area contributed by atoms with E-state index in [-0.39, 0.29) is 0 Å². The molecule has 0 radical (unpaired) electrons. The van der Waals surface area contributed by atoms with Gasteiger partial charge in [0.25, 0.3) is 0 Å². The molecule has 11 rings (SSSR count). The SMILES string of the molecule is c1cc(-c2cccc(N(c3ccc(-c4cccc5sc6ccccc6c45)cc3)c3cc4ccccc4c4ccccc34)c2)cc(-c2cccc3ccccc23)c1. The van der Waals surface area contributed by atoms with Crippen molar-refractivity contribution in [2.24, 2.45) is 0 Å². The van der Waals surface area contributed by atoms with Crippen molar-refractivity contribution in [2.45, 2.75) is 0 Å². The maximum atomic E-state index is 2.44. The Kier molecular flexibility index (Phi) is 7.75. The molecule has 0 fully saturated rings. The summed E-state index contributed by atoms with van der Waals surface area (Å²) in [7, 11) is 0. The Morgan fingerprint density at radius 2 is 0.893 bits per heavy atom. The van der Waals surface area contributed by atoms with Crippen molar-refractivity contribution in [1.82, 2.24) is 0 Å². The zero-order valence-corrected chi connectivity index (χ0v) is 31.4. The molecule has 0 saturated heterocycles. The third kappa shape index (κ3) is 5.46. The van der Waals surface area contributed by atoms with Gasteiger partial charge in [0, 0.05) is 36.9 Å². The van der Waals surface area contributed by atoms with Gasteiger partial charge in [-0.1, -0.05) is 164 Å². The van der Waals surface area contributed by atoms with E-state index >= 15 is 0 Å². The van der Waals surface area contributed by atoms with Gasteiger partial charge >= 0.3 is 0 Å². The Morgan fingerprint density at radius 1 is 0.304 bits per heavy atom. The van der Waals surface area contributed by atoms with Crippen molar-refractivity contribution in [3.63, 3.8) is 0 Å². The number of rotatable bonds is 6. The van der Waals surface area contributed by atoms with Gasteiger partial charge in [-0.05, 0) is 109 Å². The third-order valence-corrected chi connectivity index (χ3v) is 12.4. The van der Waals surface area contributed by atoms with Crippen LogP contribution in [-0.4, -0.2) is 0 Å². The maximum Gasteiger partial charge on any atom is 0.0546 e. The van der Waals surface area contributed by atoms with Crippen LogP contribution < -0.4 is 4.90 Å². The second-order valence-corrected chi connectivity index (χ2v) is 15.6. The van der Waals surface area contributed by atoms with Crippen molar-refractivity contribution in [2.75, 3.05) is 4.90 Å². The molecule has 0 aliphatic rings. The molecule has 1 heterocycles. The Balaban J connectivity index is 1.08. The highest BCUT2D eigenvalue weighted by atomic mass is 32.1. The van der Waals surface area contributed by atoms with Crippen molar-refractivity contribution in [3.8, 4) is 33.4 Å². The Bertz CT molecular complexity index is 3260. The molecule has 11 aromatic rings. The van der Waals surface area contributed by atoms with Gasteiger partial charge < -0.3 is 4.90 Å². The third-order valence-electron chi connectivity index (χ3n) is 11.2. The molecule has 262 valence electrons. The Hall–Kier alpha value is -7.00. The molecule has 0 aliphatic heterocycles. The maximum absolute atomic E-state index is 2.44. The summed E-state index contributed by atoms with van der Waals surface area (Å²) in [6.45, 7) is 0. The van der Waals surface area contributed by atoms with Crippen molar-refractivity contribution >= 4 is 80.9 Å². The molecule has 10 aromatic carbocycles. The first kappa shape index (κ1) is 32.4. The largest absolute Gasteiger partial charge is 0.310 e. The van der Waals surface area contributed by atoms with E-state index in [4.69, 9.17) is 0 Å². The van der Waals surface area contributed by atoms with Crippen LogP contribution in [-0.2, 0) is 0 Å². The first-order chi connectivity index (χ1) is 27.8. The minimum atomic E-state index is 1.11. The molecule has 56 heavy (non-hydrogen) atoms. The molecular formula is C54H35NS. The Morgan fingerprint density at radius 3 is 1.75 bits per heavy atom. The summed E-state index contributed by atoms with van der Waals surface area (Å²) in [5, 5.41) is 10.1. The first-order valence-electron chi connectivity index (χ1n) is 19.2. The van der Waals surface area contributed by atoms with E-state index in [0.29, 0.717) is 0 Å². The summed E-state index contributed by atoms with van der Waals surface area (Å²) >= 11 is 1.87. The van der Waals surface area contributed by atoms with Crippen LogP contribution in [0.15, 0.2) is 212 Å². The lowest BCUT2D eigenvalue weighted by Gasteiger charge is -2.28.